The molecule has 0 radical (unpaired) electrons. The summed E-state index contributed by atoms with van der Waals surface area (Å²) < 4.78 is 5.41. The lowest BCUT2D eigenvalue weighted by Gasteiger charge is -2.26. The van der Waals surface area contributed by atoms with Crippen molar-refractivity contribution in [2.24, 2.45) is 5.84 Å². The van der Waals surface area contributed by atoms with Crippen LogP contribution < -0.4 is 11.3 Å². The molecule has 0 bridgehead atoms. The number of methoxy groups -OCH3 is 1. The minimum Gasteiger partial charge on any atom is -0.379 e. The van der Waals surface area contributed by atoms with Crippen molar-refractivity contribution in [2.75, 3.05) is 7.11 Å². The lowest BCUT2D eigenvalue weighted by Crippen LogP contribution is -2.31. The van der Waals surface area contributed by atoms with E-state index in [1.54, 1.807) is 13.3 Å². The smallest absolute Gasteiger partial charge is 0.0623 e. The SMILES string of the molecule is COC(C)(C)CCC(NN)c1cccnc1C. The fourth-order valence-electron chi connectivity index (χ4n) is 1.79. The standard InChI is InChI=1S/C13H23N3O/c1-10-11(6-5-9-15-10)12(16-14)7-8-13(2,3)17-4/h5-6,9,12,16H,7-8,14H2,1-4H3. The van der Waals surface area contributed by atoms with Gasteiger partial charge in [0.25, 0.3) is 0 Å². The predicted octanol–water partition coefficient (Wildman–Crippen LogP) is 2.10. The Morgan fingerprint density at radius 1 is 1.53 bits per heavy atom. The number of nitrogens with zero attached hydrogens (tertiary/aromatic N) is 1. The maximum absolute atomic E-state index is 5.63. The Morgan fingerprint density at radius 3 is 2.76 bits per heavy atom. The summed E-state index contributed by atoms with van der Waals surface area (Å²) in [6.45, 7) is 6.16. The first-order chi connectivity index (χ1) is 8.00. The van der Waals surface area contributed by atoms with E-state index < -0.39 is 0 Å². The fraction of sp³-hybridized carbons (Fsp3) is 0.615. The molecule has 0 amide bonds. The highest BCUT2D eigenvalue weighted by molar-refractivity contribution is 5.22. The Hall–Kier alpha value is -0.970. The third-order valence-electron chi connectivity index (χ3n) is 3.21. The van der Waals surface area contributed by atoms with Crippen LogP contribution in [0.3, 0.4) is 0 Å². The summed E-state index contributed by atoms with van der Waals surface area (Å²) in [6, 6.07) is 4.12. The van der Waals surface area contributed by atoms with Gasteiger partial charge < -0.3 is 4.74 Å². The Labute approximate surface area is 104 Å². The van der Waals surface area contributed by atoms with Crippen LogP contribution in [0, 0.1) is 6.92 Å². The van der Waals surface area contributed by atoms with Crippen LogP contribution in [0.5, 0.6) is 0 Å². The highest BCUT2D eigenvalue weighted by atomic mass is 16.5. The molecule has 17 heavy (non-hydrogen) atoms. The molecule has 0 saturated heterocycles. The summed E-state index contributed by atoms with van der Waals surface area (Å²) >= 11 is 0. The third-order valence-corrected chi connectivity index (χ3v) is 3.21. The number of ether oxygens (including phenoxy) is 1. The summed E-state index contributed by atoms with van der Waals surface area (Å²) in [5.41, 5.74) is 4.91. The lowest BCUT2D eigenvalue weighted by molar-refractivity contribution is 0.0116. The predicted molar refractivity (Wildman–Crippen MR) is 69.4 cm³/mol. The number of aryl methyl sites for hydroxylation is 1. The minimum atomic E-state index is -0.120. The van der Waals surface area contributed by atoms with E-state index >= 15 is 0 Å². The van der Waals surface area contributed by atoms with Gasteiger partial charge in [-0.25, -0.2) is 0 Å². The van der Waals surface area contributed by atoms with Gasteiger partial charge in [0.15, 0.2) is 0 Å². The molecule has 1 aromatic rings. The van der Waals surface area contributed by atoms with Gasteiger partial charge in [0.2, 0.25) is 0 Å². The van der Waals surface area contributed by atoms with Crippen molar-refractivity contribution in [3.63, 3.8) is 0 Å². The molecule has 96 valence electrons. The molecule has 1 heterocycles. The van der Waals surface area contributed by atoms with E-state index in [4.69, 9.17) is 10.6 Å². The maximum atomic E-state index is 5.63. The quantitative estimate of drug-likeness (QED) is 0.587. The lowest BCUT2D eigenvalue weighted by atomic mass is 9.94. The van der Waals surface area contributed by atoms with Gasteiger partial charge in [-0.2, -0.15) is 0 Å². The molecule has 4 nitrogen and oxygen atoms in total. The van der Waals surface area contributed by atoms with Crippen molar-refractivity contribution in [3.05, 3.63) is 29.6 Å². The molecule has 0 saturated carbocycles. The number of hydrazine groups is 1. The van der Waals surface area contributed by atoms with E-state index in [1.807, 2.05) is 13.0 Å². The van der Waals surface area contributed by atoms with Crippen LogP contribution in [0.4, 0.5) is 0 Å². The van der Waals surface area contributed by atoms with Gasteiger partial charge in [0.1, 0.15) is 0 Å². The summed E-state index contributed by atoms with van der Waals surface area (Å²) in [7, 11) is 1.74. The van der Waals surface area contributed by atoms with Gasteiger partial charge in [-0.3, -0.25) is 16.3 Å². The first kappa shape index (κ1) is 14.1. The minimum absolute atomic E-state index is 0.120. The summed E-state index contributed by atoms with van der Waals surface area (Å²) in [6.07, 6.45) is 3.65. The van der Waals surface area contributed by atoms with Gasteiger partial charge in [-0.1, -0.05) is 6.07 Å². The van der Waals surface area contributed by atoms with Gasteiger partial charge in [0, 0.05) is 25.0 Å². The second kappa shape index (κ2) is 6.10. The first-order valence-corrected chi connectivity index (χ1v) is 5.93. The third kappa shape index (κ3) is 4.07. The molecule has 0 aliphatic heterocycles. The van der Waals surface area contributed by atoms with E-state index in [0.717, 1.165) is 24.1 Å². The van der Waals surface area contributed by atoms with Crippen LogP contribution in [0.2, 0.25) is 0 Å². The van der Waals surface area contributed by atoms with Crippen molar-refractivity contribution in [2.45, 2.75) is 45.3 Å². The summed E-state index contributed by atoms with van der Waals surface area (Å²) in [4.78, 5) is 4.29. The van der Waals surface area contributed by atoms with Crippen molar-refractivity contribution in [1.82, 2.24) is 10.4 Å². The second-order valence-electron chi connectivity index (χ2n) is 4.90. The largest absolute Gasteiger partial charge is 0.379 e. The molecule has 1 unspecified atom stereocenters. The zero-order chi connectivity index (χ0) is 12.9. The topological polar surface area (TPSA) is 60.2 Å². The number of nitrogens with one attached hydrogen (secondary N) is 1. The monoisotopic (exact) mass is 237 g/mol. The molecule has 1 rings (SSSR count). The number of hydrogen-bond acceptors (Lipinski definition) is 4. The molecule has 1 atom stereocenters. The van der Waals surface area contributed by atoms with Gasteiger partial charge >= 0.3 is 0 Å². The Bertz CT molecular complexity index is 352. The van der Waals surface area contributed by atoms with Crippen molar-refractivity contribution in [1.29, 1.82) is 0 Å². The van der Waals surface area contributed by atoms with E-state index in [2.05, 4.69) is 30.3 Å². The Kier molecular flexibility index (Phi) is 5.05. The average Bonchev–Trinajstić information content (AvgIpc) is 2.32. The van der Waals surface area contributed by atoms with Crippen molar-refractivity contribution >= 4 is 0 Å². The molecule has 0 aliphatic rings. The number of rotatable bonds is 6. The van der Waals surface area contributed by atoms with E-state index in [9.17, 15) is 0 Å². The molecule has 4 heteroatoms. The number of nitrogens with two attached hydrogens (primary N) is 1. The van der Waals surface area contributed by atoms with Gasteiger partial charge in [-0.15, -0.1) is 0 Å². The van der Waals surface area contributed by atoms with Gasteiger partial charge in [0.05, 0.1) is 5.60 Å². The second-order valence-corrected chi connectivity index (χ2v) is 4.90. The van der Waals surface area contributed by atoms with Crippen molar-refractivity contribution < 1.29 is 4.74 Å². The molecule has 0 aromatic carbocycles. The fourth-order valence-corrected chi connectivity index (χ4v) is 1.79. The molecular formula is C13H23N3O. The van der Waals surface area contributed by atoms with Gasteiger partial charge in [-0.05, 0) is 45.2 Å². The van der Waals surface area contributed by atoms with Crippen LogP contribution in [0.25, 0.3) is 0 Å². The molecule has 0 fully saturated rings. The van der Waals surface area contributed by atoms with E-state index in [1.165, 1.54) is 0 Å². The molecule has 3 N–H and O–H groups in total. The summed E-state index contributed by atoms with van der Waals surface area (Å²) in [5, 5.41) is 0. The molecular weight excluding hydrogens is 214 g/mol. The zero-order valence-corrected chi connectivity index (χ0v) is 11.2. The highest BCUT2D eigenvalue weighted by Gasteiger charge is 2.20. The number of hydrogen-bond donors (Lipinski definition) is 2. The van der Waals surface area contributed by atoms with Crippen molar-refractivity contribution in [3.8, 4) is 0 Å². The number of pyridine rings is 1. The summed E-state index contributed by atoms with van der Waals surface area (Å²) in [5.74, 6) is 5.63. The highest BCUT2D eigenvalue weighted by Crippen LogP contribution is 2.25. The average molecular weight is 237 g/mol. The Morgan fingerprint density at radius 2 is 2.24 bits per heavy atom. The van der Waals surface area contributed by atoms with E-state index in [-0.39, 0.29) is 11.6 Å². The maximum Gasteiger partial charge on any atom is 0.0623 e. The van der Waals surface area contributed by atoms with Crippen LogP contribution in [0.15, 0.2) is 18.3 Å². The molecule has 1 aromatic heterocycles. The zero-order valence-electron chi connectivity index (χ0n) is 11.2. The van der Waals surface area contributed by atoms with Crippen LogP contribution in [-0.2, 0) is 4.74 Å². The number of aromatic nitrogens is 1. The molecule has 0 spiro atoms. The van der Waals surface area contributed by atoms with Crippen LogP contribution in [0.1, 0.15) is 44.0 Å². The van der Waals surface area contributed by atoms with Crippen LogP contribution >= 0.6 is 0 Å². The Balaban J connectivity index is 2.70. The molecule has 0 aliphatic carbocycles. The van der Waals surface area contributed by atoms with E-state index in [0.29, 0.717) is 0 Å². The first-order valence-electron chi connectivity index (χ1n) is 5.93. The normalized spacial score (nSPS) is 13.7. The van der Waals surface area contributed by atoms with Crippen LogP contribution in [-0.4, -0.2) is 17.7 Å².